The molecule has 0 aliphatic carbocycles. The number of likely N-dealkylation sites (tertiary alicyclic amines) is 1. The molecule has 7 heteroatoms. The summed E-state index contributed by atoms with van der Waals surface area (Å²) in [6.07, 6.45) is 2.31. The molecule has 1 amide bonds. The van der Waals surface area contributed by atoms with Gasteiger partial charge >= 0.3 is 0 Å². The molecule has 1 aromatic rings. The average molecular weight is 418 g/mol. The third-order valence-corrected chi connectivity index (χ3v) is 7.55. The summed E-state index contributed by atoms with van der Waals surface area (Å²) in [6, 6.07) is 5.88. The monoisotopic (exact) mass is 417 g/mol. The van der Waals surface area contributed by atoms with Gasteiger partial charge in [-0.25, -0.2) is 0 Å². The van der Waals surface area contributed by atoms with Crippen LogP contribution in [0.3, 0.4) is 0 Å². The molecule has 2 aliphatic heterocycles. The van der Waals surface area contributed by atoms with E-state index in [0.29, 0.717) is 47.8 Å². The Labute approximate surface area is 174 Å². The molecule has 1 atom stereocenters. The Bertz CT molecular complexity index is 971. The van der Waals surface area contributed by atoms with Gasteiger partial charge in [0.2, 0.25) is 5.91 Å². The first kappa shape index (κ1) is 21.6. The number of rotatable bonds is 4. The van der Waals surface area contributed by atoms with Crippen molar-refractivity contribution >= 4 is 26.7 Å². The van der Waals surface area contributed by atoms with E-state index in [1.54, 1.807) is 0 Å². The second-order valence-electron chi connectivity index (χ2n) is 8.22. The maximum absolute atomic E-state index is 12.8. The molecule has 0 radical (unpaired) electrons. The molecule has 1 N–H and O–H groups in total. The molecule has 6 nitrogen and oxygen atoms in total. The van der Waals surface area contributed by atoms with Crippen molar-refractivity contribution in [2.24, 2.45) is 10.3 Å². The van der Waals surface area contributed by atoms with Gasteiger partial charge in [-0.15, -0.1) is 4.40 Å². The molecule has 158 valence electrons. The van der Waals surface area contributed by atoms with Crippen molar-refractivity contribution in [1.29, 1.82) is 0 Å². The molecule has 29 heavy (non-hydrogen) atoms. The highest BCUT2D eigenvalue weighted by molar-refractivity contribution is 8.00. The molecule has 1 saturated heterocycles. The van der Waals surface area contributed by atoms with Crippen LogP contribution in [-0.4, -0.2) is 44.2 Å². The van der Waals surface area contributed by atoms with Crippen LogP contribution < -0.4 is 5.32 Å². The fourth-order valence-electron chi connectivity index (χ4n) is 3.88. The van der Waals surface area contributed by atoms with Crippen LogP contribution in [0.25, 0.3) is 4.91 Å². The summed E-state index contributed by atoms with van der Waals surface area (Å²) in [7, 11) is -3.72. The zero-order chi connectivity index (χ0) is 21.3. The van der Waals surface area contributed by atoms with Crippen molar-refractivity contribution in [2.75, 3.05) is 13.1 Å². The van der Waals surface area contributed by atoms with E-state index >= 15 is 0 Å². The molecule has 2 heterocycles. The van der Waals surface area contributed by atoms with Crippen molar-refractivity contribution in [3.05, 3.63) is 40.5 Å². The molecule has 1 aromatic carbocycles. The molecule has 1 fully saturated rings. The smallest absolute Gasteiger partial charge is 0.285 e. The van der Waals surface area contributed by atoms with Crippen molar-refractivity contribution < 1.29 is 13.2 Å². The highest BCUT2D eigenvalue weighted by Crippen LogP contribution is 2.35. The zero-order valence-corrected chi connectivity index (χ0v) is 18.8. The number of sulfonamides is 1. The largest absolute Gasteiger partial charge is 0.356 e. The zero-order valence-electron chi connectivity index (χ0n) is 17.9. The summed E-state index contributed by atoms with van der Waals surface area (Å²) < 4.78 is 29.7. The van der Waals surface area contributed by atoms with E-state index in [0.717, 1.165) is 17.5 Å². The average Bonchev–Trinajstić information content (AvgIpc) is 2.93. The molecule has 0 aromatic heterocycles. The summed E-state index contributed by atoms with van der Waals surface area (Å²) in [5.41, 5.74) is 3.56. The fourth-order valence-corrected chi connectivity index (χ4v) is 5.36. The minimum absolute atomic E-state index is 0.0256. The molecule has 3 rings (SSSR count). The Morgan fingerprint density at radius 1 is 1.21 bits per heavy atom. The minimum atomic E-state index is -3.72. The molecule has 0 spiro atoms. The number of nitrogens with one attached hydrogen (secondary N) is 1. The summed E-state index contributed by atoms with van der Waals surface area (Å²) >= 11 is 0. The van der Waals surface area contributed by atoms with E-state index in [-0.39, 0.29) is 17.9 Å². The number of aryl methyl sites for hydroxylation is 2. The Morgan fingerprint density at radius 2 is 1.86 bits per heavy atom. The van der Waals surface area contributed by atoms with Gasteiger partial charge in [-0.05, 0) is 63.6 Å². The summed E-state index contributed by atoms with van der Waals surface area (Å²) in [6.45, 7) is 11.1. The second-order valence-corrected chi connectivity index (χ2v) is 9.76. The molecular formula is C22H31N3O3S. The Morgan fingerprint density at radius 3 is 2.45 bits per heavy atom. The lowest BCUT2D eigenvalue weighted by atomic mass is 9.94. The highest BCUT2D eigenvalue weighted by atomic mass is 32.2. The van der Waals surface area contributed by atoms with E-state index < -0.39 is 10.0 Å². The number of nitrogens with zero attached hydrogens (tertiary/aromatic N) is 2. The maximum atomic E-state index is 12.8. The van der Waals surface area contributed by atoms with Crippen LogP contribution in [-0.2, 0) is 14.8 Å². The molecular weight excluding hydrogens is 386 g/mol. The number of benzene rings is 1. The first-order valence-corrected chi connectivity index (χ1v) is 11.8. The van der Waals surface area contributed by atoms with Gasteiger partial charge in [0.1, 0.15) is 10.7 Å². The first-order valence-electron chi connectivity index (χ1n) is 10.3. The van der Waals surface area contributed by atoms with Crippen molar-refractivity contribution in [2.45, 2.75) is 59.9 Å². The van der Waals surface area contributed by atoms with Gasteiger partial charge in [0, 0.05) is 30.6 Å². The Kier molecular flexibility index (Phi) is 6.17. The van der Waals surface area contributed by atoms with Gasteiger partial charge in [0.25, 0.3) is 10.0 Å². The molecule has 0 saturated carbocycles. The lowest BCUT2D eigenvalue weighted by Crippen LogP contribution is -2.44. The van der Waals surface area contributed by atoms with E-state index in [4.69, 9.17) is 0 Å². The second kappa shape index (κ2) is 8.30. The van der Waals surface area contributed by atoms with E-state index in [2.05, 4.69) is 16.6 Å². The number of carbonyl (C=O) groups excluding carboxylic acids is 1. The third-order valence-electron chi connectivity index (χ3n) is 6.08. The van der Waals surface area contributed by atoms with Crippen LogP contribution in [0.15, 0.2) is 28.2 Å². The summed E-state index contributed by atoms with van der Waals surface area (Å²) in [5, 5.41) is 3.05. The number of hydrogen-bond acceptors (Lipinski definition) is 4. The highest BCUT2D eigenvalue weighted by Gasteiger charge is 2.35. The van der Waals surface area contributed by atoms with Crippen LogP contribution in [0.2, 0.25) is 0 Å². The molecule has 1 unspecified atom stereocenters. The van der Waals surface area contributed by atoms with Gasteiger partial charge in [0.05, 0.1) is 0 Å². The van der Waals surface area contributed by atoms with Gasteiger partial charge in [0.15, 0.2) is 0 Å². The van der Waals surface area contributed by atoms with Gasteiger partial charge < -0.3 is 10.2 Å². The number of hydrogen-bond donors (Lipinski definition) is 1. The van der Waals surface area contributed by atoms with E-state index in [1.807, 2.05) is 50.8 Å². The number of amidine groups is 1. The Hall–Kier alpha value is -2.15. The first-order chi connectivity index (χ1) is 13.6. The van der Waals surface area contributed by atoms with E-state index in [9.17, 15) is 13.2 Å². The minimum Gasteiger partial charge on any atom is -0.356 e. The standard InChI is InChI=1S/C22H31N3O3S/c1-6-16(4)23-22(26)18-9-11-25(12-10-18)21-17(5)20(29(27,28)24-21)19-8-7-14(2)15(3)13-19/h7-8,13,16,18H,6,9-12H2,1-5H3,(H,23,26). The maximum Gasteiger partial charge on any atom is 0.285 e. The van der Waals surface area contributed by atoms with E-state index in [1.165, 1.54) is 0 Å². The van der Waals surface area contributed by atoms with Gasteiger partial charge in [-0.1, -0.05) is 25.1 Å². The SMILES string of the molecule is CCC(C)NC(=O)C1CCN(C2=NS(=O)(=O)C(c3ccc(C)c(C)c3)=C2C)CC1. The number of piperidine rings is 1. The third kappa shape index (κ3) is 4.39. The van der Waals surface area contributed by atoms with Gasteiger partial charge in [-0.2, -0.15) is 8.42 Å². The van der Waals surface area contributed by atoms with Crippen LogP contribution in [0.4, 0.5) is 0 Å². The predicted molar refractivity (Wildman–Crippen MR) is 117 cm³/mol. The van der Waals surface area contributed by atoms with Crippen LogP contribution >= 0.6 is 0 Å². The van der Waals surface area contributed by atoms with Crippen LogP contribution in [0, 0.1) is 19.8 Å². The molecule has 2 aliphatic rings. The topological polar surface area (TPSA) is 78.8 Å². The van der Waals surface area contributed by atoms with Crippen LogP contribution in [0.5, 0.6) is 0 Å². The lowest BCUT2D eigenvalue weighted by Gasteiger charge is -2.33. The van der Waals surface area contributed by atoms with Crippen LogP contribution in [0.1, 0.15) is 56.7 Å². The Balaban J connectivity index is 1.78. The van der Waals surface area contributed by atoms with Gasteiger partial charge in [-0.3, -0.25) is 4.79 Å². The normalized spacial score (nSPS) is 20.6. The van der Waals surface area contributed by atoms with Crippen molar-refractivity contribution in [3.63, 3.8) is 0 Å². The summed E-state index contributed by atoms with van der Waals surface area (Å²) in [4.78, 5) is 14.7. The van der Waals surface area contributed by atoms with Crippen molar-refractivity contribution in [1.82, 2.24) is 10.2 Å². The number of amides is 1. The number of carbonyl (C=O) groups is 1. The fraction of sp³-hybridized carbons (Fsp3) is 0.545. The molecule has 0 bridgehead atoms. The summed E-state index contributed by atoms with van der Waals surface area (Å²) in [5.74, 6) is 0.601. The van der Waals surface area contributed by atoms with Crippen molar-refractivity contribution in [3.8, 4) is 0 Å². The predicted octanol–water partition coefficient (Wildman–Crippen LogP) is 3.40. The quantitative estimate of drug-likeness (QED) is 0.814. The lowest BCUT2D eigenvalue weighted by molar-refractivity contribution is -0.126.